The molecule has 106 valence electrons. The highest BCUT2D eigenvalue weighted by Gasteiger charge is 2.15. The summed E-state index contributed by atoms with van der Waals surface area (Å²) in [6, 6.07) is 9.50. The molecular weight excluding hydrogens is 282 g/mol. The number of hydrogen-bond acceptors (Lipinski definition) is 4. The Balaban J connectivity index is 1.93. The third-order valence-corrected chi connectivity index (χ3v) is 4.16. The normalized spacial score (nSPS) is 12.2. The molecule has 0 fully saturated rings. The molecule has 0 bridgehead atoms. The van der Waals surface area contributed by atoms with Crippen LogP contribution in [0.3, 0.4) is 0 Å². The zero-order chi connectivity index (χ0) is 14.8. The van der Waals surface area contributed by atoms with Gasteiger partial charge in [0.2, 0.25) is 0 Å². The van der Waals surface area contributed by atoms with Gasteiger partial charge < -0.3 is 11.1 Å². The molecule has 0 radical (unpaired) electrons. The van der Waals surface area contributed by atoms with E-state index in [9.17, 15) is 4.79 Å². The minimum atomic E-state index is -0.141. The second-order valence-corrected chi connectivity index (χ2v) is 5.63. The molecule has 1 aromatic carbocycles. The molecule has 3 rings (SSSR count). The summed E-state index contributed by atoms with van der Waals surface area (Å²) in [5.41, 5.74) is 7.50. The van der Waals surface area contributed by atoms with Crippen LogP contribution in [0.5, 0.6) is 0 Å². The lowest BCUT2D eigenvalue weighted by Gasteiger charge is -2.14. The van der Waals surface area contributed by atoms with Crippen LogP contribution in [0.4, 0.5) is 5.82 Å². The number of hydrogen-bond donors (Lipinski definition) is 2. The van der Waals surface area contributed by atoms with Gasteiger partial charge in [0.05, 0.1) is 11.6 Å². The first kappa shape index (κ1) is 13.6. The third kappa shape index (κ3) is 2.60. The van der Waals surface area contributed by atoms with Gasteiger partial charge in [0.15, 0.2) is 0 Å². The number of benzene rings is 1. The highest BCUT2D eigenvalue weighted by Crippen LogP contribution is 2.23. The predicted octanol–water partition coefficient (Wildman–Crippen LogP) is 3.37. The van der Waals surface area contributed by atoms with Crippen molar-refractivity contribution in [1.29, 1.82) is 0 Å². The number of aromatic nitrogens is 1. The number of carbonyl (C=O) groups excluding carboxylic acids is 1. The molecule has 4 nitrogen and oxygen atoms in total. The molecule has 1 amide bonds. The molecule has 0 saturated heterocycles. The van der Waals surface area contributed by atoms with Crippen LogP contribution >= 0.6 is 11.3 Å². The van der Waals surface area contributed by atoms with Crippen LogP contribution in [0.25, 0.3) is 10.8 Å². The van der Waals surface area contributed by atoms with Crippen molar-refractivity contribution in [3.8, 4) is 0 Å². The zero-order valence-electron chi connectivity index (χ0n) is 11.5. The average Bonchev–Trinajstić information content (AvgIpc) is 3.02. The Labute approximate surface area is 126 Å². The highest BCUT2D eigenvalue weighted by atomic mass is 32.1. The van der Waals surface area contributed by atoms with Gasteiger partial charge in [-0.1, -0.05) is 24.3 Å². The van der Waals surface area contributed by atoms with Gasteiger partial charge in [0.1, 0.15) is 5.82 Å². The smallest absolute Gasteiger partial charge is 0.253 e. The molecule has 0 aliphatic carbocycles. The zero-order valence-corrected chi connectivity index (χ0v) is 12.4. The monoisotopic (exact) mass is 297 g/mol. The first-order valence-corrected chi connectivity index (χ1v) is 7.57. The van der Waals surface area contributed by atoms with Gasteiger partial charge in [-0.25, -0.2) is 4.98 Å². The number of rotatable bonds is 3. The lowest BCUT2D eigenvalue weighted by Crippen LogP contribution is -2.26. The minimum Gasteiger partial charge on any atom is -0.383 e. The van der Waals surface area contributed by atoms with Crippen LogP contribution < -0.4 is 11.1 Å². The number of nitrogens with one attached hydrogen (secondary N) is 1. The molecule has 0 saturated carbocycles. The number of amides is 1. The maximum atomic E-state index is 12.5. The SMILES string of the molecule is CC(NC(=O)c1cnc(N)c2ccccc12)c1ccsc1. The first-order chi connectivity index (χ1) is 10.2. The van der Waals surface area contributed by atoms with Gasteiger partial charge in [-0.15, -0.1) is 0 Å². The van der Waals surface area contributed by atoms with Gasteiger partial charge in [-0.05, 0) is 34.7 Å². The lowest BCUT2D eigenvalue weighted by molar-refractivity contribution is 0.0941. The second-order valence-electron chi connectivity index (χ2n) is 4.85. The summed E-state index contributed by atoms with van der Waals surface area (Å²) in [4.78, 5) is 16.6. The number of carbonyl (C=O) groups is 1. The molecule has 2 heterocycles. The Morgan fingerprint density at radius 3 is 2.76 bits per heavy atom. The molecule has 0 aliphatic heterocycles. The number of nitrogens with two attached hydrogens (primary N) is 1. The van der Waals surface area contributed by atoms with Gasteiger partial charge >= 0.3 is 0 Å². The van der Waals surface area contributed by atoms with Crippen molar-refractivity contribution in [3.63, 3.8) is 0 Å². The summed E-state index contributed by atoms with van der Waals surface area (Å²) in [5.74, 6) is 0.297. The molecule has 0 aliphatic rings. The van der Waals surface area contributed by atoms with Crippen molar-refractivity contribution < 1.29 is 4.79 Å². The van der Waals surface area contributed by atoms with E-state index in [0.29, 0.717) is 11.4 Å². The van der Waals surface area contributed by atoms with Crippen LogP contribution in [0, 0.1) is 0 Å². The van der Waals surface area contributed by atoms with Crippen LogP contribution in [-0.4, -0.2) is 10.9 Å². The van der Waals surface area contributed by atoms with Crippen LogP contribution in [0.15, 0.2) is 47.3 Å². The fraction of sp³-hybridized carbons (Fsp3) is 0.125. The summed E-state index contributed by atoms with van der Waals surface area (Å²) >= 11 is 1.62. The molecule has 1 unspecified atom stereocenters. The minimum absolute atomic E-state index is 0.0416. The van der Waals surface area contributed by atoms with E-state index in [1.807, 2.05) is 48.0 Å². The lowest BCUT2D eigenvalue weighted by atomic mass is 10.1. The topological polar surface area (TPSA) is 68.0 Å². The molecule has 3 aromatic rings. The molecule has 3 N–H and O–H groups in total. The standard InChI is InChI=1S/C16H15N3OS/c1-10(11-6-7-21-9-11)19-16(20)14-8-18-15(17)13-5-3-2-4-12(13)14/h2-10H,1H3,(H2,17,18)(H,19,20). The van der Waals surface area contributed by atoms with Gasteiger partial charge in [0.25, 0.3) is 5.91 Å². The van der Waals surface area contributed by atoms with Crippen molar-refractivity contribution >= 4 is 33.8 Å². The van der Waals surface area contributed by atoms with Crippen molar-refractivity contribution in [2.45, 2.75) is 13.0 Å². The molecular formula is C16H15N3OS. The number of nitrogens with zero attached hydrogens (tertiary/aromatic N) is 1. The summed E-state index contributed by atoms with van der Waals surface area (Å²) in [6.07, 6.45) is 1.54. The molecule has 0 spiro atoms. The van der Waals surface area contributed by atoms with E-state index in [2.05, 4.69) is 10.3 Å². The number of anilines is 1. The Morgan fingerprint density at radius 2 is 2.05 bits per heavy atom. The van der Waals surface area contributed by atoms with Crippen LogP contribution in [0.1, 0.15) is 28.9 Å². The summed E-state index contributed by atoms with van der Waals surface area (Å²) in [6.45, 7) is 1.97. The molecule has 1 atom stereocenters. The third-order valence-electron chi connectivity index (χ3n) is 3.46. The Morgan fingerprint density at radius 1 is 1.29 bits per heavy atom. The van der Waals surface area contributed by atoms with E-state index in [4.69, 9.17) is 5.73 Å². The number of thiophene rings is 1. The van der Waals surface area contributed by atoms with E-state index in [0.717, 1.165) is 16.3 Å². The van der Waals surface area contributed by atoms with E-state index in [1.54, 1.807) is 11.3 Å². The van der Waals surface area contributed by atoms with Crippen LogP contribution in [0.2, 0.25) is 0 Å². The van der Waals surface area contributed by atoms with Crippen LogP contribution in [-0.2, 0) is 0 Å². The predicted molar refractivity (Wildman–Crippen MR) is 86.4 cm³/mol. The fourth-order valence-electron chi connectivity index (χ4n) is 2.27. The maximum Gasteiger partial charge on any atom is 0.253 e. The summed E-state index contributed by atoms with van der Waals surface area (Å²) < 4.78 is 0. The van der Waals surface area contributed by atoms with Crippen molar-refractivity contribution in [1.82, 2.24) is 10.3 Å². The van der Waals surface area contributed by atoms with E-state index >= 15 is 0 Å². The Kier molecular flexibility index (Phi) is 3.58. The summed E-state index contributed by atoms with van der Waals surface area (Å²) in [7, 11) is 0. The van der Waals surface area contributed by atoms with Crippen molar-refractivity contribution in [2.75, 3.05) is 5.73 Å². The largest absolute Gasteiger partial charge is 0.383 e. The van der Waals surface area contributed by atoms with E-state index < -0.39 is 0 Å². The molecule has 21 heavy (non-hydrogen) atoms. The highest BCUT2D eigenvalue weighted by molar-refractivity contribution is 7.07. The van der Waals surface area contributed by atoms with E-state index in [1.165, 1.54) is 6.20 Å². The molecule has 2 aromatic heterocycles. The molecule has 5 heteroatoms. The van der Waals surface area contributed by atoms with Crippen molar-refractivity contribution in [2.24, 2.45) is 0 Å². The Bertz CT molecular complexity index is 783. The fourth-order valence-corrected chi connectivity index (χ4v) is 3.03. The quantitative estimate of drug-likeness (QED) is 0.779. The average molecular weight is 297 g/mol. The van der Waals surface area contributed by atoms with E-state index in [-0.39, 0.29) is 11.9 Å². The number of pyridine rings is 1. The van der Waals surface area contributed by atoms with Crippen molar-refractivity contribution in [3.05, 3.63) is 58.4 Å². The first-order valence-electron chi connectivity index (χ1n) is 6.63. The number of nitrogen functional groups attached to an aromatic ring is 1. The number of fused-ring (bicyclic) bond motifs is 1. The Hall–Kier alpha value is -2.40. The summed E-state index contributed by atoms with van der Waals surface area (Å²) in [5, 5.41) is 8.65. The second kappa shape index (κ2) is 5.54. The van der Waals surface area contributed by atoms with Gasteiger partial charge in [-0.2, -0.15) is 11.3 Å². The van der Waals surface area contributed by atoms with Gasteiger partial charge in [0, 0.05) is 11.6 Å². The maximum absolute atomic E-state index is 12.5. The van der Waals surface area contributed by atoms with Gasteiger partial charge in [-0.3, -0.25) is 4.79 Å².